The number of amides is 1. The highest BCUT2D eigenvalue weighted by molar-refractivity contribution is 5.93. The molecule has 0 radical (unpaired) electrons. The van der Waals surface area contributed by atoms with Crippen LogP contribution in [-0.4, -0.2) is 5.91 Å². The summed E-state index contributed by atoms with van der Waals surface area (Å²) in [5.41, 5.74) is 8.97. The topological polar surface area (TPSA) is 55.1 Å². The minimum Gasteiger partial charge on any atom is -0.399 e. The van der Waals surface area contributed by atoms with Crippen LogP contribution in [-0.2, 0) is 11.2 Å². The number of rotatable bonds is 5. The fourth-order valence-electron chi connectivity index (χ4n) is 2.24. The van der Waals surface area contributed by atoms with Gasteiger partial charge in [0.05, 0.1) is 0 Å². The minimum absolute atomic E-state index is 0.0508. The molecule has 116 valence electrons. The van der Waals surface area contributed by atoms with E-state index < -0.39 is 0 Å². The number of halogens is 1. The molecule has 2 aromatic rings. The van der Waals surface area contributed by atoms with Gasteiger partial charge < -0.3 is 11.1 Å². The van der Waals surface area contributed by atoms with Gasteiger partial charge in [0, 0.05) is 17.3 Å². The second-order valence-electron chi connectivity index (χ2n) is 5.63. The van der Waals surface area contributed by atoms with Gasteiger partial charge in [-0.2, -0.15) is 0 Å². The molecule has 0 spiro atoms. The normalized spacial score (nSPS) is 12.0. The third-order valence-corrected chi connectivity index (χ3v) is 3.72. The molecule has 1 amide bonds. The lowest BCUT2D eigenvalue weighted by Crippen LogP contribution is -2.21. The molecule has 22 heavy (non-hydrogen) atoms. The molecule has 1 unspecified atom stereocenters. The Kier molecular flexibility index (Phi) is 5.15. The van der Waals surface area contributed by atoms with Gasteiger partial charge in [-0.25, -0.2) is 4.39 Å². The number of carbonyl (C=O) groups excluding carboxylic acids is 1. The standard InChI is InChI=1S/C18H21FN2O/c1-12-7-9-16(20)11-17(12)21-18(22)13(2)6-8-14-4-3-5-15(19)10-14/h3-5,7,9-11,13H,6,8,20H2,1-2H3,(H,21,22). The molecule has 4 heteroatoms. The molecule has 3 nitrogen and oxygen atoms in total. The van der Waals surface area contributed by atoms with E-state index in [2.05, 4.69) is 5.32 Å². The zero-order valence-corrected chi connectivity index (χ0v) is 12.9. The van der Waals surface area contributed by atoms with E-state index in [4.69, 9.17) is 5.73 Å². The molecular weight excluding hydrogens is 279 g/mol. The van der Waals surface area contributed by atoms with E-state index in [1.807, 2.05) is 26.0 Å². The van der Waals surface area contributed by atoms with Crippen molar-refractivity contribution in [2.75, 3.05) is 11.1 Å². The zero-order chi connectivity index (χ0) is 16.1. The maximum atomic E-state index is 13.1. The Morgan fingerprint density at radius 1 is 1.27 bits per heavy atom. The first-order valence-electron chi connectivity index (χ1n) is 7.37. The highest BCUT2D eigenvalue weighted by atomic mass is 19.1. The number of nitrogen functional groups attached to an aromatic ring is 1. The monoisotopic (exact) mass is 300 g/mol. The third kappa shape index (κ3) is 4.32. The smallest absolute Gasteiger partial charge is 0.227 e. The van der Waals surface area contributed by atoms with Crippen LogP contribution in [0.25, 0.3) is 0 Å². The summed E-state index contributed by atoms with van der Waals surface area (Å²) in [5.74, 6) is -0.459. The lowest BCUT2D eigenvalue weighted by atomic mass is 10.00. The van der Waals surface area contributed by atoms with Gasteiger partial charge in [-0.1, -0.05) is 25.1 Å². The molecular formula is C18H21FN2O. The van der Waals surface area contributed by atoms with Crippen LogP contribution < -0.4 is 11.1 Å². The van der Waals surface area contributed by atoms with Gasteiger partial charge in [-0.05, 0) is 55.2 Å². The van der Waals surface area contributed by atoms with Crippen molar-refractivity contribution in [1.82, 2.24) is 0 Å². The molecule has 0 fully saturated rings. The first kappa shape index (κ1) is 16.0. The summed E-state index contributed by atoms with van der Waals surface area (Å²) in [5, 5.41) is 2.91. The van der Waals surface area contributed by atoms with E-state index in [1.54, 1.807) is 18.2 Å². The van der Waals surface area contributed by atoms with Crippen LogP contribution in [0.5, 0.6) is 0 Å². The first-order valence-corrected chi connectivity index (χ1v) is 7.37. The van der Waals surface area contributed by atoms with Crippen molar-refractivity contribution in [2.45, 2.75) is 26.7 Å². The number of hydrogen-bond acceptors (Lipinski definition) is 2. The van der Waals surface area contributed by atoms with E-state index in [1.165, 1.54) is 12.1 Å². The highest BCUT2D eigenvalue weighted by Crippen LogP contribution is 2.20. The average molecular weight is 300 g/mol. The largest absolute Gasteiger partial charge is 0.399 e. The van der Waals surface area contributed by atoms with Crippen molar-refractivity contribution >= 4 is 17.3 Å². The molecule has 0 aliphatic rings. The van der Waals surface area contributed by atoms with Crippen molar-refractivity contribution in [2.24, 2.45) is 5.92 Å². The Hall–Kier alpha value is -2.36. The van der Waals surface area contributed by atoms with E-state index in [0.717, 1.165) is 16.8 Å². The van der Waals surface area contributed by atoms with Gasteiger partial charge in [-0.3, -0.25) is 4.79 Å². The van der Waals surface area contributed by atoms with Gasteiger partial charge in [0.2, 0.25) is 5.91 Å². The summed E-state index contributed by atoms with van der Waals surface area (Å²) in [6.45, 7) is 3.79. The van der Waals surface area contributed by atoms with Crippen molar-refractivity contribution < 1.29 is 9.18 Å². The predicted molar refractivity (Wildman–Crippen MR) is 88.1 cm³/mol. The van der Waals surface area contributed by atoms with Crippen LogP contribution in [0.4, 0.5) is 15.8 Å². The average Bonchev–Trinajstić information content (AvgIpc) is 2.48. The third-order valence-electron chi connectivity index (χ3n) is 3.72. The molecule has 2 rings (SSSR count). The molecule has 0 aliphatic heterocycles. The lowest BCUT2D eigenvalue weighted by molar-refractivity contribution is -0.119. The molecule has 1 atom stereocenters. The van der Waals surface area contributed by atoms with Gasteiger partial charge in [0.25, 0.3) is 0 Å². The second kappa shape index (κ2) is 7.07. The molecule has 0 bridgehead atoms. The summed E-state index contributed by atoms with van der Waals surface area (Å²) in [7, 11) is 0. The highest BCUT2D eigenvalue weighted by Gasteiger charge is 2.14. The van der Waals surface area contributed by atoms with Gasteiger partial charge in [0.1, 0.15) is 5.82 Å². The summed E-state index contributed by atoms with van der Waals surface area (Å²) in [6, 6.07) is 11.9. The number of hydrogen-bond donors (Lipinski definition) is 2. The van der Waals surface area contributed by atoms with Crippen LogP contribution in [0.15, 0.2) is 42.5 Å². The number of nitrogens with two attached hydrogens (primary N) is 1. The summed E-state index contributed by atoms with van der Waals surface area (Å²) in [4.78, 5) is 12.2. The maximum Gasteiger partial charge on any atom is 0.227 e. The second-order valence-corrected chi connectivity index (χ2v) is 5.63. The quantitative estimate of drug-likeness (QED) is 0.822. The lowest BCUT2D eigenvalue weighted by Gasteiger charge is -2.14. The van der Waals surface area contributed by atoms with Crippen molar-refractivity contribution in [1.29, 1.82) is 0 Å². The molecule has 0 aromatic heterocycles. The van der Waals surface area contributed by atoms with Gasteiger partial charge in [0.15, 0.2) is 0 Å². The van der Waals surface area contributed by atoms with E-state index in [-0.39, 0.29) is 17.6 Å². The van der Waals surface area contributed by atoms with Crippen LogP contribution in [0, 0.1) is 18.7 Å². The van der Waals surface area contributed by atoms with Crippen LogP contribution >= 0.6 is 0 Å². The number of anilines is 2. The molecule has 0 heterocycles. The van der Waals surface area contributed by atoms with Gasteiger partial charge in [-0.15, -0.1) is 0 Å². The van der Waals surface area contributed by atoms with Crippen LogP contribution in [0.3, 0.4) is 0 Å². The SMILES string of the molecule is Cc1ccc(N)cc1NC(=O)C(C)CCc1cccc(F)c1. The Bertz CT molecular complexity index is 670. The maximum absolute atomic E-state index is 13.1. The fourth-order valence-corrected chi connectivity index (χ4v) is 2.24. The van der Waals surface area contributed by atoms with Crippen molar-refractivity contribution in [3.8, 4) is 0 Å². The van der Waals surface area contributed by atoms with E-state index in [0.29, 0.717) is 18.5 Å². The van der Waals surface area contributed by atoms with Crippen molar-refractivity contribution in [3.05, 3.63) is 59.4 Å². The van der Waals surface area contributed by atoms with Crippen molar-refractivity contribution in [3.63, 3.8) is 0 Å². The Labute approximate surface area is 130 Å². The molecule has 3 N–H and O–H groups in total. The van der Waals surface area contributed by atoms with E-state index >= 15 is 0 Å². The number of nitrogens with one attached hydrogen (secondary N) is 1. The summed E-state index contributed by atoms with van der Waals surface area (Å²) < 4.78 is 13.1. The number of aryl methyl sites for hydroxylation is 2. The number of carbonyl (C=O) groups is 1. The Morgan fingerprint density at radius 2 is 2.05 bits per heavy atom. The van der Waals surface area contributed by atoms with Gasteiger partial charge >= 0.3 is 0 Å². The summed E-state index contributed by atoms with van der Waals surface area (Å²) in [6.07, 6.45) is 1.33. The molecule has 0 saturated heterocycles. The molecule has 0 saturated carbocycles. The molecule has 2 aromatic carbocycles. The first-order chi connectivity index (χ1) is 10.5. The van der Waals surface area contributed by atoms with E-state index in [9.17, 15) is 9.18 Å². The summed E-state index contributed by atoms with van der Waals surface area (Å²) >= 11 is 0. The fraction of sp³-hybridized carbons (Fsp3) is 0.278. The minimum atomic E-state index is -0.245. The Morgan fingerprint density at radius 3 is 2.77 bits per heavy atom. The zero-order valence-electron chi connectivity index (χ0n) is 12.9. The number of benzene rings is 2. The predicted octanol–water partition coefficient (Wildman–Crippen LogP) is 3.92. The van der Waals surface area contributed by atoms with Crippen LogP contribution in [0.2, 0.25) is 0 Å². The van der Waals surface area contributed by atoms with Crippen LogP contribution in [0.1, 0.15) is 24.5 Å². The molecule has 0 aliphatic carbocycles. The Balaban J connectivity index is 1.93.